The number of hydrogen-bond acceptors (Lipinski definition) is 2. The SMILES string of the molecule is Cc1cccc(Cc2cn3c(n2)CCC(O)C3)c1. The summed E-state index contributed by atoms with van der Waals surface area (Å²) in [5.41, 5.74) is 3.68. The van der Waals surface area contributed by atoms with E-state index in [0.717, 1.165) is 30.8 Å². The van der Waals surface area contributed by atoms with Crippen LogP contribution in [0.4, 0.5) is 0 Å². The molecule has 1 N–H and O–H groups in total. The maximum atomic E-state index is 9.64. The Morgan fingerprint density at radius 3 is 3.17 bits per heavy atom. The van der Waals surface area contributed by atoms with Crippen molar-refractivity contribution in [2.24, 2.45) is 0 Å². The lowest BCUT2D eigenvalue weighted by molar-refractivity contribution is 0.130. The van der Waals surface area contributed by atoms with Gasteiger partial charge in [0.15, 0.2) is 0 Å². The second kappa shape index (κ2) is 4.58. The molecule has 0 aliphatic carbocycles. The molecule has 94 valence electrons. The first-order chi connectivity index (χ1) is 8.70. The quantitative estimate of drug-likeness (QED) is 0.875. The number of aromatic nitrogens is 2. The van der Waals surface area contributed by atoms with E-state index >= 15 is 0 Å². The van der Waals surface area contributed by atoms with Gasteiger partial charge in [0.05, 0.1) is 11.8 Å². The summed E-state index contributed by atoms with van der Waals surface area (Å²) in [6.07, 6.45) is 4.46. The Balaban J connectivity index is 1.82. The second-order valence-electron chi connectivity index (χ2n) is 5.16. The van der Waals surface area contributed by atoms with Crippen molar-refractivity contribution in [3.05, 3.63) is 53.1 Å². The van der Waals surface area contributed by atoms with Gasteiger partial charge < -0.3 is 9.67 Å². The van der Waals surface area contributed by atoms with Crippen LogP contribution in [0.1, 0.15) is 29.1 Å². The van der Waals surface area contributed by atoms with E-state index in [0.29, 0.717) is 6.54 Å². The van der Waals surface area contributed by atoms with Crippen LogP contribution >= 0.6 is 0 Å². The van der Waals surface area contributed by atoms with Crippen LogP contribution < -0.4 is 0 Å². The smallest absolute Gasteiger partial charge is 0.109 e. The summed E-state index contributed by atoms with van der Waals surface area (Å²) in [6.45, 7) is 2.80. The molecule has 3 rings (SSSR count). The highest BCUT2D eigenvalue weighted by molar-refractivity contribution is 5.26. The Morgan fingerprint density at radius 2 is 2.33 bits per heavy atom. The predicted molar refractivity (Wildman–Crippen MR) is 70.5 cm³/mol. The molecule has 1 aliphatic rings. The van der Waals surface area contributed by atoms with Gasteiger partial charge in [0.1, 0.15) is 5.82 Å². The Kier molecular flexibility index (Phi) is 2.92. The van der Waals surface area contributed by atoms with Crippen LogP contribution in [0.25, 0.3) is 0 Å². The van der Waals surface area contributed by atoms with Gasteiger partial charge >= 0.3 is 0 Å². The van der Waals surface area contributed by atoms with E-state index in [9.17, 15) is 5.11 Å². The van der Waals surface area contributed by atoms with Gasteiger partial charge in [0.25, 0.3) is 0 Å². The van der Waals surface area contributed by atoms with Gasteiger partial charge in [-0.25, -0.2) is 4.98 Å². The third-order valence-corrected chi connectivity index (χ3v) is 3.49. The predicted octanol–water partition coefficient (Wildman–Crippen LogP) is 2.09. The Bertz CT molecular complexity index is 559. The molecule has 18 heavy (non-hydrogen) atoms. The molecule has 0 spiro atoms. The summed E-state index contributed by atoms with van der Waals surface area (Å²) >= 11 is 0. The standard InChI is InChI=1S/C15H18N2O/c1-11-3-2-4-12(7-11)8-13-9-17-10-14(18)5-6-15(17)16-13/h2-4,7,9,14,18H,5-6,8,10H2,1H3. The molecule has 2 heterocycles. The maximum absolute atomic E-state index is 9.64. The van der Waals surface area contributed by atoms with Crippen molar-refractivity contribution in [2.45, 2.75) is 38.8 Å². The van der Waals surface area contributed by atoms with Gasteiger partial charge in [-0.2, -0.15) is 0 Å². The van der Waals surface area contributed by atoms with Crippen molar-refractivity contribution in [3.8, 4) is 0 Å². The highest BCUT2D eigenvalue weighted by Crippen LogP contribution is 2.17. The number of rotatable bonds is 2. The first-order valence-corrected chi connectivity index (χ1v) is 6.49. The minimum Gasteiger partial charge on any atom is -0.391 e. The molecule has 1 unspecified atom stereocenters. The fraction of sp³-hybridized carbons (Fsp3) is 0.400. The van der Waals surface area contributed by atoms with Crippen molar-refractivity contribution in [2.75, 3.05) is 0 Å². The monoisotopic (exact) mass is 242 g/mol. The molecule has 0 saturated heterocycles. The van der Waals surface area contributed by atoms with E-state index in [1.807, 2.05) is 0 Å². The van der Waals surface area contributed by atoms with Crippen molar-refractivity contribution in [3.63, 3.8) is 0 Å². The highest BCUT2D eigenvalue weighted by atomic mass is 16.3. The van der Waals surface area contributed by atoms with Crippen LogP contribution in [-0.2, 0) is 19.4 Å². The van der Waals surface area contributed by atoms with Crippen LogP contribution in [0.15, 0.2) is 30.5 Å². The normalized spacial score (nSPS) is 18.7. The largest absolute Gasteiger partial charge is 0.391 e. The van der Waals surface area contributed by atoms with Crippen LogP contribution in [0.2, 0.25) is 0 Å². The number of fused-ring (bicyclic) bond motifs is 1. The number of aryl methyl sites for hydroxylation is 2. The van der Waals surface area contributed by atoms with Gasteiger partial charge in [0.2, 0.25) is 0 Å². The van der Waals surface area contributed by atoms with E-state index in [-0.39, 0.29) is 6.10 Å². The summed E-state index contributed by atoms with van der Waals surface area (Å²) in [4.78, 5) is 4.66. The van der Waals surface area contributed by atoms with Crippen molar-refractivity contribution < 1.29 is 5.11 Å². The first kappa shape index (κ1) is 11.5. The first-order valence-electron chi connectivity index (χ1n) is 6.49. The fourth-order valence-corrected chi connectivity index (χ4v) is 2.60. The van der Waals surface area contributed by atoms with Gasteiger partial charge in [-0.15, -0.1) is 0 Å². The fourth-order valence-electron chi connectivity index (χ4n) is 2.60. The van der Waals surface area contributed by atoms with Gasteiger partial charge in [-0.05, 0) is 18.9 Å². The van der Waals surface area contributed by atoms with Crippen molar-refractivity contribution >= 4 is 0 Å². The van der Waals surface area contributed by atoms with Gasteiger partial charge in [0, 0.05) is 25.6 Å². The van der Waals surface area contributed by atoms with Crippen LogP contribution in [0.5, 0.6) is 0 Å². The molecule has 1 aromatic carbocycles. The number of nitrogens with zero attached hydrogens (tertiary/aromatic N) is 2. The molecule has 0 bridgehead atoms. The lowest BCUT2D eigenvalue weighted by Crippen LogP contribution is -2.23. The number of hydrogen-bond donors (Lipinski definition) is 1. The molecule has 1 aliphatic heterocycles. The third kappa shape index (κ3) is 2.31. The van der Waals surface area contributed by atoms with E-state index in [2.05, 4.69) is 46.9 Å². The zero-order valence-electron chi connectivity index (χ0n) is 10.6. The molecule has 0 fully saturated rings. The topological polar surface area (TPSA) is 38.0 Å². The average Bonchev–Trinajstić information content (AvgIpc) is 2.70. The third-order valence-electron chi connectivity index (χ3n) is 3.49. The minimum absolute atomic E-state index is 0.210. The average molecular weight is 242 g/mol. The number of imidazole rings is 1. The number of aliphatic hydroxyl groups is 1. The summed E-state index contributed by atoms with van der Waals surface area (Å²) in [6, 6.07) is 8.54. The molecule has 1 aromatic heterocycles. The van der Waals surface area contributed by atoms with E-state index < -0.39 is 0 Å². The summed E-state index contributed by atoms with van der Waals surface area (Å²) in [5, 5.41) is 9.64. The molecule has 3 heteroatoms. The Labute approximate surface area is 107 Å². The highest BCUT2D eigenvalue weighted by Gasteiger charge is 2.18. The van der Waals surface area contributed by atoms with Crippen LogP contribution in [-0.4, -0.2) is 20.8 Å². The van der Waals surface area contributed by atoms with Crippen molar-refractivity contribution in [1.82, 2.24) is 9.55 Å². The van der Waals surface area contributed by atoms with Crippen LogP contribution in [0.3, 0.4) is 0 Å². The lowest BCUT2D eigenvalue weighted by Gasteiger charge is -2.18. The number of aliphatic hydroxyl groups excluding tert-OH is 1. The van der Waals surface area contributed by atoms with Crippen molar-refractivity contribution in [1.29, 1.82) is 0 Å². The zero-order chi connectivity index (χ0) is 12.5. The summed E-state index contributed by atoms with van der Waals surface area (Å²) < 4.78 is 2.10. The zero-order valence-corrected chi connectivity index (χ0v) is 10.6. The minimum atomic E-state index is -0.210. The molecule has 2 aromatic rings. The molecular formula is C15H18N2O. The van der Waals surface area contributed by atoms with Gasteiger partial charge in [-0.3, -0.25) is 0 Å². The lowest BCUT2D eigenvalue weighted by atomic mass is 10.1. The Morgan fingerprint density at radius 1 is 1.44 bits per heavy atom. The molecule has 0 amide bonds. The van der Waals surface area contributed by atoms with E-state index in [4.69, 9.17) is 0 Å². The molecule has 1 atom stereocenters. The second-order valence-corrected chi connectivity index (χ2v) is 5.16. The van der Waals surface area contributed by atoms with Gasteiger partial charge in [-0.1, -0.05) is 29.8 Å². The van der Waals surface area contributed by atoms with E-state index in [1.54, 1.807) is 0 Å². The Hall–Kier alpha value is -1.61. The molecular weight excluding hydrogens is 224 g/mol. The summed E-state index contributed by atoms with van der Waals surface area (Å²) in [5.74, 6) is 1.11. The number of benzene rings is 1. The molecule has 0 saturated carbocycles. The van der Waals surface area contributed by atoms with Crippen LogP contribution in [0, 0.1) is 6.92 Å². The molecule has 3 nitrogen and oxygen atoms in total. The molecule has 0 radical (unpaired) electrons. The van der Waals surface area contributed by atoms with E-state index in [1.165, 1.54) is 11.1 Å². The maximum Gasteiger partial charge on any atom is 0.109 e. The summed E-state index contributed by atoms with van der Waals surface area (Å²) in [7, 11) is 0.